The van der Waals surface area contributed by atoms with E-state index in [9.17, 15) is 9.90 Å². The number of aliphatic imine (C=N–C) groups is 1. The van der Waals surface area contributed by atoms with Gasteiger partial charge in [0.25, 0.3) is 0 Å². The van der Waals surface area contributed by atoms with Gasteiger partial charge in [0.15, 0.2) is 5.96 Å². The molecule has 0 fully saturated rings. The Hall–Kier alpha value is -2.93. The van der Waals surface area contributed by atoms with Crippen LogP contribution < -0.4 is 15.4 Å². The van der Waals surface area contributed by atoms with E-state index in [0.29, 0.717) is 42.1 Å². The van der Waals surface area contributed by atoms with E-state index in [1.165, 1.54) is 12.1 Å². The number of rotatable bonds is 8. The number of amides is 1. The van der Waals surface area contributed by atoms with Crippen molar-refractivity contribution in [1.82, 2.24) is 10.2 Å². The second-order valence-electron chi connectivity index (χ2n) is 5.99. The summed E-state index contributed by atoms with van der Waals surface area (Å²) in [6.45, 7) is 3.64. The van der Waals surface area contributed by atoms with Gasteiger partial charge in [-0.25, -0.2) is 4.99 Å². The highest BCUT2D eigenvalue weighted by molar-refractivity contribution is 6.30. The number of carbonyl (C=O) groups is 1. The van der Waals surface area contributed by atoms with Crippen molar-refractivity contribution in [1.29, 1.82) is 0 Å². The van der Waals surface area contributed by atoms with Crippen LogP contribution in [0.2, 0.25) is 5.02 Å². The molecule has 3 N–H and O–H groups in total. The molecule has 28 heavy (non-hydrogen) atoms. The third-order valence-corrected chi connectivity index (χ3v) is 3.95. The number of ether oxygens (including phenoxy) is 1. The molecule has 0 atom stereocenters. The maximum atomic E-state index is 12.1. The first-order valence-electron chi connectivity index (χ1n) is 8.94. The first kappa shape index (κ1) is 21.4. The van der Waals surface area contributed by atoms with E-state index >= 15 is 0 Å². The fourth-order valence-corrected chi connectivity index (χ4v) is 2.51. The molecule has 7 nitrogen and oxygen atoms in total. The number of likely N-dealkylation sites (N-methyl/N-ethyl adjacent to an activating group) is 1. The summed E-state index contributed by atoms with van der Waals surface area (Å²) in [4.78, 5) is 18.3. The average molecular weight is 405 g/mol. The fourth-order valence-electron chi connectivity index (χ4n) is 2.32. The highest BCUT2D eigenvalue weighted by Gasteiger charge is 2.08. The van der Waals surface area contributed by atoms with E-state index in [1.807, 2.05) is 31.0 Å². The molecule has 0 saturated carbocycles. The Morgan fingerprint density at radius 2 is 2.00 bits per heavy atom. The quantitative estimate of drug-likeness (QED) is 0.358. The Morgan fingerprint density at radius 1 is 1.25 bits per heavy atom. The highest BCUT2D eigenvalue weighted by Crippen LogP contribution is 2.17. The number of guanidine groups is 1. The van der Waals surface area contributed by atoms with E-state index in [4.69, 9.17) is 16.3 Å². The molecule has 0 aliphatic rings. The Labute approximate surface area is 170 Å². The number of anilines is 1. The Kier molecular flexibility index (Phi) is 8.42. The molecule has 0 aliphatic carbocycles. The molecule has 150 valence electrons. The molecule has 0 radical (unpaired) electrons. The molecule has 0 spiro atoms. The zero-order valence-electron chi connectivity index (χ0n) is 16.0. The van der Waals surface area contributed by atoms with Crippen molar-refractivity contribution in [2.24, 2.45) is 4.99 Å². The standard InChI is InChI=1S/C20H25ClN4O3/c1-3-22-20(23-14-19(27)24-16-7-9-17(26)10-8-16)25(2)11-12-28-18-6-4-5-15(21)13-18/h4-10,13,26H,3,11-12,14H2,1-2H3,(H,22,23)(H,24,27). The van der Waals surface area contributed by atoms with Gasteiger partial charge in [-0.15, -0.1) is 0 Å². The number of aromatic hydroxyl groups is 1. The van der Waals surface area contributed by atoms with Crippen molar-refractivity contribution in [3.8, 4) is 11.5 Å². The van der Waals surface area contributed by atoms with Crippen LogP contribution in [0.1, 0.15) is 6.92 Å². The first-order chi connectivity index (χ1) is 13.5. The Morgan fingerprint density at radius 3 is 2.68 bits per heavy atom. The van der Waals surface area contributed by atoms with Gasteiger partial charge >= 0.3 is 0 Å². The number of carbonyl (C=O) groups excluding carboxylic acids is 1. The van der Waals surface area contributed by atoms with Crippen LogP contribution in [0, 0.1) is 0 Å². The molecule has 2 aromatic carbocycles. The molecule has 0 aromatic heterocycles. The van der Waals surface area contributed by atoms with Crippen molar-refractivity contribution in [3.63, 3.8) is 0 Å². The molecule has 0 aliphatic heterocycles. The van der Waals surface area contributed by atoms with Gasteiger partial charge < -0.3 is 25.4 Å². The number of nitrogens with zero attached hydrogens (tertiary/aromatic N) is 2. The van der Waals surface area contributed by atoms with Crippen LogP contribution in [-0.4, -0.2) is 55.2 Å². The maximum Gasteiger partial charge on any atom is 0.246 e. The van der Waals surface area contributed by atoms with Crippen LogP contribution >= 0.6 is 11.6 Å². The molecule has 0 bridgehead atoms. The fraction of sp³-hybridized carbons (Fsp3) is 0.300. The number of hydrogen-bond acceptors (Lipinski definition) is 4. The number of hydrogen-bond donors (Lipinski definition) is 3. The zero-order chi connectivity index (χ0) is 20.4. The summed E-state index contributed by atoms with van der Waals surface area (Å²) in [7, 11) is 1.88. The van der Waals surface area contributed by atoms with Gasteiger partial charge in [-0.05, 0) is 49.4 Å². The lowest BCUT2D eigenvalue weighted by atomic mass is 10.3. The van der Waals surface area contributed by atoms with E-state index in [0.717, 1.165) is 0 Å². The number of nitrogens with one attached hydrogen (secondary N) is 2. The largest absolute Gasteiger partial charge is 0.508 e. The van der Waals surface area contributed by atoms with Crippen LogP contribution in [0.4, 0.5) is 5.69 Å². The smallest absolute Gasteiger partial charge is 0.246 e. The van der Waals surface area contributed by atoms with E-state index in [-0.39, 0.29) is 18.2 Å². The SMILES string of the molecule is CCNC(=NCC(=O)Nc1ccc(O)cc1)N(C)CCOc1cccc(Cl)c1. The molecule has 8 heteroatoms. The number of phenols is 1. The molecule has 1 amide bonds. The molecule has 0 heterocycles. The summed E-state index contributed by atoms with van der Waals surface area (Å²) in [5.74, 6) is 1.21. The molecular formula is C20H25ClN4O3. The second-order valence-corrected chi connectivity index (χ2v) is 6.43. The normalized spacial score (nSPS) is 11.0. The highest BCUT2D eigenvalue weighted by atomic mass is 35.5. The van der Waals surface area contributed by atoms with Gasteiger partial charge in [0.1, 0.15) is 24.7 Å². The summed E-state index contributed by atoms with van der Waals surface area (Å²) in [5, 5.41) is 15.8. The van der Waals surface area contributed by atoms with Gasteiger partial charge in [-0.2, -0.15) is 0 Å². The van der Waals surface area contributed by atoms with Crippen molar-refractivity contribution in [3.05, 3.63) is 53.6 Å². The topological polar surface area (TPSA) is 86.2 Å². The summed E-state index contributed by atoms with van der Waals surface area (Å²) in [6.07, 6.45) is 0. The van der Waals surface area contributed by atoms with E-state index in [2.05, 4.69) is 15.6 Å². The maximum absolute atomic E-state index is 12.1. The predicted molar refractivity (Wildman–Crippen MR) is 112 cm³/mol. The lowest BCUT2D eigenvalue weighted by molar-refractivity contribution is -0.114. The Bertz CT molecular complexity index is 796. The van der Waals surface area contributed by atoms with Gasteiger partial charge in [0.05, 0.1) is 6.54 Å². The summed E-state index contributed by atoms with van der Waals surface area (Å²) in [6, 6.07) is 13.5. The van der Waals surface area contributed by atoms with Crippen molar-refractivity contribution < 1.29 is 14.6 Å². The zero-order valence-corrected chi connectivity index (χ0v) is 16.7. The van der Waals surface area contributed by atoms with Crippen LogP contribution in [-0.2, 0) is 4.79 Å². The number of halogens is 1. The van der Waals surface area contributed by atoms with Crippen LogP contribution in [0.3, 0.4) is 0 Å². The molecule has 2 aromatic rings. The molecule has 0 saturated heterocycles. The third kappa shape index (κ3) is 7.36. The average Bonchev–Trinajstić information content (AvgIpc) is 2.67. The van der Waals surface area contributed by atoms with Crippen LogP contribution in [0.15, 0.2) is 53.5 Å². The lowest BCUT2D eigenvalue weighted by Gasteiger charge is -2.22. The van der Waals surface area contributed by atoms with Gasteiger partial charge in [-0.1, -0.05) is 17.7 Å². The summed E-state index contributed by atoms with van der Waals surface area (Å²) in [5.41, 5.74) is 0.603. The van der Waals surface area contributed by atoms with E-state index < -0.39 is 0 Å². The van der Waals surface area contributed by atoms with Crippen molar-refractivity contribution in [2.75, 3.05) is 38.6 Å². The van der Waals surface area contributed by atoms with Crippen LogP contribution in [0.25, 0.3) is 0 Å². The number of benzene rings is 2. The monoisotopic (exact) mass is 404 g/mol. The van der Waals surface area contributed by atoms with Crippen molar-refractivity contribution >= 4 is 29.2 Å². The molecule has 0 unspecified atom stereocenters. The molecular weight excluding hydrogens is 380 g/mol. The van der Waals surface area contributed by atoms with Gasteiger partial charge in [-0.3, -0.25) is 4.79 Å². The van der Waals surface area contributed by atoms with Crippen molar-refractivity contribution in [2.45, 2.75) is 6.92 Å². The van der Waals surface area contributed by atoms with Gasteiger partial charge in [0, 0.05) is 24.3 Å². The minimum absolute atomic E-state index is 0.0251. The van der Waals surface area contributed by atoms with Gasteiger partial charge in [0.2, 0.25) is 5.91 Å². The second kappa shape index (κ2) is 11.0. The molecule has 2 rings (SSSR count). The minimum Gasteiger partial charge on any atom is -0.508 e. The Balaban J connectivity index is 1.85. The summed E-state index contributed by atoms with van der Waals surface area (Å²) < 4.78 is 5.69. The predicted octanol–water partition coefficient (Wildman–Crippen LogP) is 2.96. The van der Waals surface area contributed by atoms with Crippen LogP contribution in [0.5, 0.6) is 11.5 Å². The lowest BCUT2D eigenvalue weighted by Crippen LogP contribution is -2.41. The minimum atomic E-state index is -0.246. The first-order valence-corrected chi connectivity index (χ1v) is 9.32. The third-order valence-electron chi connectivity index (χ3n) is 3.71. The number of phenolic OH excluding ortho intramolecular Hbond substituents is 1. The van der Waals surface area contributed by atoms with E-state index in [1.54, 1.807) is 24.3 Å². The summed E-state index contributed by atoms with van der Waals surface area (Å²) >= 11 is 5.94.